The molecule has 1 aromatic heterocycles. The second kappa shape index (κ2) is 5.67. The lowest BCUT2D eigenvalue weighted by Crippen LogP contribution is -2.30. The molecule has 106 valence electrons. The van der Waals surface area contributed by atoms with Crippen molar-refractivity contribution in [1.29, 1.82) is 0 Å². The number of hydrogen-bond donors (Lipinski definition) is 1. The second-order valence-corrected chi connectivity index (χ2v) is 5.12. The van der Waals surface area contributed by atoms with E-state index < -0.39 is 0 Å². The van der Waals surface area contributed by atoms with Gasteiger partial charge in [-0.1, -0.05) is 18.2 Å². The zero-order valence-electron chi connectivity index (χ0n) is 12.0. The van der Waals surface area contributed by atoms with Crippen molar-refractivity contribution in [3.63, 3.8) is 0 Å². The summed E-state index contributed by atoms with van der Waals surface area (Å²) in [5.74, 6) is 1.44. The van der Waals surface area contributed by atoms with E-state index in [4.69, 9.17) is 4.74 Å². The van der Waals surface area contributed by atoms with Crippen LogP contribution in [0.15, 0.2) is 36.5 Å². The largest absolute Gasteiger partial charge is 0.493 e. The Kier molecular flexibility index (Phi) is 3.74. The molecule has 0 spiro atoms. The molecule has 2 atom stereocenters. The van der Waals surface area contributed by atoms with E-state index in [1.54, 1.807) is 0 Å². The normalized spacial score (nSPS) is 19.2. The van der Waals surface area contributed by atoms with Gasteiger partial charge in [0, 0.05) is 18.7 Å². The molecule has 0 amide bonds. The smallest absolute Gasteiger partial charge is 0.122 e. The highest BCUT2D eigenvalue weighted by Gasteiger charge is 2.30. The van der Waals surface area contributed by atoms with Gasteiger partial charge in [0.1, 0.15) is 5.75 Å². The number of hydrogen-bond acceptors (Lipinski definition) is 3. The van der Waals surface area contributed by atoms with Crippen molar-refractivity contribution in [2.45, 2.75) is 31.8 Å². The van der Waals surface area contributed by atoms with Gasteiger partial charge < -0.3 is 10.1 Å². The van der Waals surface area contributed by atoms with Crippen LogP contribution in [0, 0.1) is 0 Å². The average molecular weight is 271 g/mol. The molecule has 3 rings (SSSR count). The Morgan fingerprint density at radius 1 is 1.40 bits per heavy atom. The van der Waals surface area contributed by atoms with Crippen molar-refractivity contribution in [3.8, 4) is 5.75 Å². The van der Waals surface area contributed by atoms with E-state index in [9.17, 15) is 0 Å². The van der Waals surface area contributed by atoms with Crippen LogP contribution < -0.4 is 10.1 Å². The molecule has 4 heteroatoms. The van der Waals surface area contributed by atoms with Crippen LogP contribution in [0.2, 0.25) is 0 Å². The molecule has 0 aliphatic carbocycles. The van der Waals surface area contributed by atoms with E-state index in [1.807, 2.05) is 19.3 Å². The molecule has 0 bridgehead atoms. The molecule has 0 saturated heterocycles. The summed E-state index contributed by atoms with van der Waals surface area (Å²) in [5.41, 5.74) is 2.54. The molecule has 0 fully saturated rings. The van der Waals surface area contributed by atoms with Crippen LogP contribution in [0.5, 0.6) is 5.75 Å². The summed E-state index contributed by atoms with van der Waals surface area (Å²) in [4.78, 5) is 0. The maximum absolute atomic E-state index is 5.77. The standard InChI is InChI=1S/C16H21N3O/c1-3-19-14(8-10-18-19)16(17-2)13-9-11-20-15-7-5-4-6-12(13)15/h4-8,10,13,16-17H,3,9,11H2,1-2H3. The number of fused-ring (bicyclic) bond motifs is 1. The van der Waals surface area contributed by atoms with Gasteiger partial charge in [0.2, 0.25) is 0 Å². The number of para-hydroxylation sites is 1. The summed E-state index contributed by atoms with van der Waals surface area (Å²) in [7, 11) is 2.02. The lowest BCUT2D eigenvalue weighted by Gasteiger charge is -2.32. The van der Waals surface area contributed by atoms with Crippen molar-refractivity contribution in [2.75, 3.05) is 13.7 Å². The van der Waals surface area contributed by atoms with Crippen LogP contribution in [0.25, 0.3) is 0 Å². The van der Waals surface area contributed by atoms with Crippen LogP contribution >= 0.6 is 0 Å². The molecule has 2 aromatic rings. The number of rotatable bonds is 4. The topological polar surface area (TPSA) is 39.1 Å². The van der Waals surface area contributed by atoms with Gasteiger partial charge in [0.25, 0.3) is 0 Å². The zero-order valence-corrected chi connectivity index (χ0v) is 12.0. The first kappa shape index (κ1) is 13.2. The van der Waals surface area contributed by atoms with Gasteiger partial charge in [-0.3, -0.25) is 4.68 Å². The first-order chi connectivity index (χ1) is 9.85. The Morgan fingerprint density at radius 2 is 2.25 bits per heavy atom. The highest BCUT2D eigenvalue weighted by Crippen LogP contribution is 2.40. The third-order valence-electron chi connectivity index (χ3n) is 4.09. The molecular formula is C16H21N3O. The lowest BCUT2D eigenvalue weighted by molar-refractivity contribution is 0.245. The van der Waals surface area contributed by atoms with Gasteiger partial charge in [-0.05, 0) is 38.1 Å². The van der Waals surface area contributed by atoms with Gasteiger partial charge in [-0.2, -0.15) is 5.10 Å². The quantitative estimate of drug-likeness (QED) is 0.929. The average Bonchev–Trinajstić information content (AvgIpc) is 2.97. The third-order valence-corrected chi connectivity index (χ3v) is 4.09. The number of aromatic nitrogens is 2. The first-order valence-corrected chi connectivity index (χ1v) is 7.25. The fourth-order valence-corrected chi connectivity index (χ4v) is 3.14. The minimum atomic E-state index is 0.266. The number of ether oxygens (including phenoxy) is 1. The zero-order chi connectivity index (χ0) is 13.9. The van der Waals surface area contributed by atoms with Crippen LogP contribution in [0.4, 0.5) is 0 Å². The van der Waals surface area contributed by atoms with Gasteiger partial charge in [-0.15, -0.1) is 0 Å². The first-order valence-electron chi connectivity index (χ1n) is 7.25. The van der Waals surface area contributed by atoms with Gasteiger partial charge in [-0.25, -0.2) is 0 Å². The molecule has 2 unspecified atom stereocenters. The number of nitrogens with one attached hydrogen (secondary N) is 1. The van der Waals surface area contributed by atoms with Gasteiger partial charge >= 0.3 is 0 Å². The van der Waals surface area contributed by atoms with E-state index in [1.165, 1.54) is 11.3 Å². The molecule has 2 heterocycles. The van der Waals surface area contributed by atoms with E-state index in [0.717, 1.165) is 25.3 Å². The number of aryl methyl sites for hydroxylation is 1. The monoisotopic (exact) mass is 271 g/mol. The molecule has 4 nitrogen and oxygen atoms in total. The lowest BCUT2D eigenvalue weighted by atomic mass is 9.85. The van der Waals surface area contributed by atoms with Crippen LogP contribution in [-0.2, 0) is 6.54 Å². The van der Waals surface area contributed by atoms with E-state index in [-0.39, 0.29) is 6.04 Å². The van der Waals surface area contributed by atoms with Crippen molar-refractivity contribution in [3.05, 3.63) is 47.8 Å². The molecule has 0 saturated carbocycles. The number of benzene rings is 1. The summed E-state index contributed by atoms with van der Waals surface area (Å²) in [6.07, 6.45) is 2.91. The van der Waals surface area contributed by atoms with Crippen molar-refractivity contribution in [1.82, 2.24) is 15.1 Å². The van der Waals surface area contributed by atoms with E-state index in [2.05, 4.69) is 46.3 Å². The number of likely N-dealkylation sites (N-methyl/N-ethyl adjacent to an activating group) is 1. The maximum atomic E-state index is 5.77. The Hall–Kier alpha value is -1.81. The van der Waals surface area contributed by atoms with Crippen molar-refractivity contribution < 1.29 is 4.74 Å². The van der Waals surface area contributed by atoms with Gasteiger partial charge in [0.15, 0.2) is 0 Å². The van der Waals surface area contributed by atoms with Crippen LogP contribution in [0.3, 0.4) is 0 Å². The van der Waals surface area contributed by atoms with E-state index in [0.29, 0.717) is 5.92 Å². The van der Waals surface area contributed by atoms with Crippen molar-refractivity contribution in [2.24, 2.45) is 0 Å². The Balaban J connectivity index is 1.99. The van der Waals surface area contributed by atoms with Gasteiger partial charge in [0.05, 0.1) is 18.3 Å². The Morgan fingerprint density at radius 3 is 3.05 bits per heavy atom. The fourth-order valence-electron chi connectivity index (χ4n) is 3.14. The molecule has 0 radical (unpaired) electrons. The Bertz CT molecular complexity index is 579. The molecule has 20 heavy (non-hydrogen) atoms. The molecule has 1 aliphatic heterocycles. The summed E-state index contributed by atoms with van der Waals surface area (Å²) in [6, 6.07) is 10.7. The number of nitrogens with zero attached hydrogens (tertiary/aromatic N) is 2. The minimum Gasteiger partial charge on any atom is -0.493 e. The molecular weight excluding hydrogens is 250 g/mol. The van der Waals surface area contributed by atoms with Crippen LogP contribution in [-0.4, -0.2) is 23.4 Å². The summed E-state index contributed by atoms with van der Waals surface area (Å²) in [6.45, 7) is 3.80. The molecule has 1 aromatic carbocycles. The predicted molar refractivity (Wildman–Crippen MR) is 79.0 cm³/mol. The summed E-state index contributed by atoms with van der Waals surface area (Å²) < 4.78 is 7.84. The van der Waals surface area contributed by atoms with E-state index >= 15 is 0 Å². The maximum Gasteiger partial charge on any atom is 0.122 e. The summed E-state index contributed by atoms with van der Waals surface area (Å²) in [5, 5.41) is 7.87. The predicted octanol–water partition coefficient (Wildman–Crippen LogP) is 2.73. The molecule has 1 aliphatic rings. The second-order valence-electron chi connectivity index (χ2n) is 5.12. The minimum absolute atomic E-state index is 0.266. The van der Waals surface area contributed by atoms with Crippen molar-refractivity contribution >= 4 is 0 Å². The highest BCUT2D eigenvalue weighted by molar-refractivity contribution is 5.39. The fraction of sp³-hybridized carbons (Fsp3) is 0.438. The Labute approximate surface area is 119 Å². The summed E-state index contributed by atoms with van der Waals surface area (Å²) >= 11 is 0. The molecule has 1 N–H and O–H groups in total. The third kappa shape index (κ3) is 2.20. The van der Waals surface area contributed by atoms with Crippen LogP contribution in [0.1, 0.15) is 36.6 Å². The SMILES string of the molecule is CCn1nccc1C(NC)C1CCOc2ccccc21. The highest BCUT2D eigenvalue weighted by atomic mass is 16.5.